The minimum Gasteiger partial charge on any atom is -0.467 e. The Morgan fingerprint density at radius 3 is 2.67 bits per heavy atom. The molecule has 1 aliphatic heterocycles. The maximum Gasteiger partial charge on any atom is 0.338 e. The van der Waals surface area contributed by atoms with Gasteiger partial charge in [0, 0.05) is 11.3 Å². The number of esters is 1. The van der Waals surface area contributed by atoms with E-state index in [0.717, 1.165) is 5.76 Å². The second kappa shape index (κ2) is 7.01. The molecule has 1 aromatic heterocycles. The van der Waals surface area contributed by atoms with Crippen LogP contribution in [0.5, 0.6) is 0 Å². The molecule has 0 unspecified atom stereocenters. The molecule has 2 aromatic rings. The topological polar surface area (TPSA) is 48.7 Å². The van der Waals surface area contributed by atoms with Gasteiger partial charge in [-0.25, -0.2) is 4.79 Å². The molecule has 4 heteroatoms. The molecule has 0 saturated carbocycles. The van der Waals surface area contributed by atoms with Crippen molar-refractivity contribution in [2.75, 3.05) is 13.2 Å². The molecule has 0 N–H and O–H groups in total. The molecular formula is C23H26O4. The van der Waals surface area contributed by atoms with Gasteiger partial charge < -0.3 is 13.9 Å². The Hall–Kier alpha value is -2.33. The van der Waals surface area contributed by atoms with Crippen LogP contribution in [0.1, 0.15) is 43.0 Å². The van der Waals surface area contributed by atoms with E-state index in [1.165, 1.54) is 5.57 Å². The van der Waals surface area contributed by atoms with Crippen LogP contribution in [0.15, 0.2) is 64.8 Å². The summed E-state index contributed by atoms with van der Waals surface area (Å²) in [4.78, 5) is 12.5. The van der Waals surface area contributed by atoms with Crippen molar-refractivity contribution in [3.05, 3.63) is 71.7 Å². The quantitative estimate of drug-likeness (QED) is 0.562. The van der Waals surface area contributed by atoms with Crippen LogP contribution in [0, 0.1) is 23.2 Å². The lowest BCUT2D eigenvalue weighted by Gasteiger charge is -2.54. The minimum absolute atomic E-state index is 0.0864. The molecule has 27 heavy (non-hydrogen) atoms. The van der Waals surface area contributed by atoms with Crippen LogP contribution in [0.25, 0.3) is 0 Å². The molecule has 4 rings (SSSR count). The average molecular weight is 366 g/mol. The number of allylic oxidation sites excluding steroid dienone is 1. The molecule has 0 amide bonds. The Labute approximate surface area is 160 Å². The van der Waals surface area contributed by atoms with E-state index < -0.39 is 0 Å². The van der Waals surface area contributed by atoms with Gasteiger partial charge in [0.05, 0.1) is 18.4 Å². The van der Waals surface area contributed by atoms with Crippen LogP contribution in [0.3, 0.4) is 0 Å². The summed E-state index contributed by atoms with van der Waals surface area (Å²) >= 11 is 0. The average Bonchev–Trinajstić information content (AvgIpc) is 3.20. The predicted octanol–water partition coefficient (Wildman–Crippen LogP) is 5.04. The smallest absolute Gasteiger partial charge is 0.338 e. The van der Waals surface area contributed by atoms with Gasteiger partial charge in [-0.05, 0) is 43.0 Å². The van der Waals surface area contributed by atoms with Crippen LogP contribution in [-0.4, -0.2) is 19.2 Å². The standard InChI is InChI=1S/C23H26O4/c1-15-12-16(2)23(14-27-22(24)18-8-5-4-6-9-18)13-26-21(20(15)17(23)3)19-10-7-11-25-19/h4-12,16-17,20-21H,13-14H2,1-3H3/t16-,17-,20-,21-,23+/m1/s1. The van der Waals surface area contributed by atoms with Gasteiger partial charge in [0.25, 0.3) is 0 Å². The first-order valence-corrected chi connectivity index (χ1v) is 9.58. The molecule has 4 nitrogen and oxygen atoms in total. The third-order valence-electron chi connectivity index (χ3n) is 6.55. The molecule has 2 aliphatic rings. The van der Waals surface area contributed by atoms with Gasteiger partial charge in [0.2, 0.25) is 0 Å². The van der Waals surface area contributed by atoms with Gasteiger partial charge in [0.15, 0.2) is 0 Å². The van der Waals surface area contributed by atoms with Crippen LogP contribution in [0.4, 0.5) is 0 Å². The highest BCUT2D eigenvalue weighted by Gasteiger charge is 2.55. The Morgan fingerprint density at radius 1 is 1.19 bits per heavy atom. The fourth-order valence-electron chi connectivity index (χ4n) is 4.82. The number of rotatable bonds is 4. The van der Waals surface area contributed by atoms with E-state index in [-0.39, 0.29) is 29.3 Å². The molecule has 1 fully saturated rings. The van der Waals surface area contributed by atoms with Crippen LogP contribution >= 0.6 is 0 Å². The van der Waals surface area contributed by atoms with Crippen LogP contribution in [0.2, 0.25) is 0 Å². The maximum absolute atomic E-state index is 12.5. The van der Waals surface area contributed by atoms with E-state index in [2.05, 4.69) is 26.8 Å². The fraction of sp³-hybridized carbons (Fsp3) is 0.435. The summed E-state index contributed by atoms with van der Waals surface area (Å²) in [5.41, 5.74) is 1.68. The molecule has 1 aliphatic carbocycles. The van der Waals surface area contributed by atoms with Gasteiger partial charge in [-0.1, -0.05) is 43.7 Å². The number of hydrogen-bond donors (Lipinski definition) is 0. The minimum atomic E-state index is -0.277. The van der Waals surface area contributed by atoms with Crippen molar-refractivity contribution in [2.24, 2.45) is 23.2 Å². The van der Waals surface area contributed by atoms with Crippen LogP contribution < -0.4 is 0 Å². The molecule has 142 valence electrons. The highest BCUT2D eigenvalue weighted by molar-refractivity contribution is 5.89. The number of benzene rings is 1. The predicted molar refractivity (Wildman–Crippen MR) is 102 cm³/mol. The van der Waals surface area contributed by atoms with E-state index in [1.54, 1.807) is 18.4 Å². The molecule has 0 spiro atoms. The lowest BCUT2D eigenvalue weighted by Crippen LogP contribution is -2.54. The van der Waals surface area contributed by atoms with Gasteiger partial charge >= 0.3 is 5.97 Å². The SMILES string of the molecule is CC1=C[C@@H](C)[C@@]2(COC(=O)c3ccccc3)CO[C@H](c3ccco3)[C@H]1[C@H]2C. The Kier molecular flexibility index (Phi) is 4.68. The number of fused-ring (bicyclic) bond motifs is 2. The highest BCUT2D eigenvalue weighted by atomic mass is 16.5. The summed E-state index contributed by atoms with van der Waals surface area (Å²) in [7, 11) is 0. The molecule has 1 saturated heterocycles. The van der Waals surface area contributed by atoms with Gasteiger partial charge in [0.1, 0.15) is 18.5 Å². The number of carbonyl (C=O) groups excluding carboxylic acids is 1. The van der Waals surface area contributed by atoms with Gasteiger partial charge in [-0.3, -0.25) is 0 Å². The zero-order valence-corrected chi connectivity index (χ0v) is 16.1. The van der Waals surface area contributed by atoms with Crippen molar-refractivity contribution in [3.63, 3.8) is 0 Å². The summed E-state index contributed by atoms with van der Waals surface area (Å²) in [5, 5.41) is 0. The Balaban J connectivity index is 1.58. The van der Waals surface area contributed by atoms with Gasteiger partial charge in [-0.2, -0.15) is 0 Å². The second-order valence-electron chi connectivity index (χ2n) is 7.94. The zero-order chi connectivity index (χ0) is 19.0. The molecule has 1 aromatic carbocycles. The lowest BCUT2D eigenvalue weighted by molar-refractivity contribution is -0.170. The second-order valence-corrected chi connectivity index (χ2v) is 7.94. The number of furan rings is 1. The first kappa shape index (κ1) is 18.1. The van der Waals surface area contributed by atoms with E-state index in [4.69, 9.17) is 13.9 Å². The van der Waals surface area contributed by atoms with Gasteiger partial charge in [-0.15, -0.1) is 0 Å². The van der Waals surface area contributed by atoms with E-state index in [1.807, 2.05) is 30.3 Å². The third kappa shape index (κ3) is 3.02. The van der Waals surface area contributed by atoms with Crippen LogP contribution in [-0.2, 0) is 9.47 Å². The van der Waals surface area contributed by atoms with Crippen molar-refractivity contribution < 1.29 is 18.7 Å². The molecular weight excluding hydrogens is 340 g/mol. The summed E-state index contributed by atoms with van der Waals surface area (Å²) in [6.45, 7) is 7.52. The van der Waals surface area contributed by atoms with Crippen molar-refractivity contribution in [1.29, 1.82) is 0 Å². The van der Waals surface area contributed by atoms with E-state index in [9.17, 15) is 4.79 Å². The lowest BCUT2D eigenvalue weighted by atomic mass is 9.56. The third-order valence-corrected chi connectivity index (χ3v) is 6.55. The fourth-order valence-corrected chi connectivity index (χ4v) is 4.82. The number of carbonyl (C=O) groups is 1. The first-order valence-electron chi connectivity index (χ1n) is 9.58. The summed E-state index contributed by atoms with van der Waals surface area (Å²) in [5.74, 6) is 1.38. The molecule has 0 radical (unpaired) electrons. The maximum atomic E-state index is 12.5. The largest absolute Gasteiger partial charge is 0.467 e. The van der Waals surface area contributed by atoms with E-state index >= 15 is 0 Å². The Bertz CT molecular complexity index is 823. The van der Waals surface area contributed by atoms with Crippen molar-refractivity contribution in [1.82, 2.24) is 0 Å². The zero-order valence-electron chi connectivity index (χ0n) is 16.1. The highest BCUT2D eigenvalue weighted by Crippen LogP contribution is 2.56. The summed E-state index contributed by atoms with van der Waals surface area (Å²) in [6, 6.07) is 13.0. The van der Waals surface area contributed by atoms with Crippen molar-refractivity contribution in [3.8, 4) is 0 Å². The van der Waals surface area contributed by atoms with Crippen molar-refractivity contribution >= 4 is 5.97 Å². The Morgan fingerprint density at radius 2 is 1.96 bits per heavy atom. The molecule has 2 bridgehead atoms. The normalized spacial score (nSPS) is 32.6. The number of hydrogen-bond acceptors (Lipinski definition) is 4. The molecule has 2 heterocycles. The summed E-state index contributed by atoms with van der Waals surface area (Å²) in [6.07, 6.45) is 3.92. The number of ether oxygens (including phenoxy) is 2. The monoisotopic (exact) mass is 366 g/mol. The van der Waals surface area contributed by atoms with E-state index in [0.29, 0.717) is 24.7 Å². The van der Waals surface area contributed by atoms with Crippen molar-refractivity contribution in [2.45, 2.75) is 26.9 Å². The molecule has 5 atom stereocenters. The first-order chi connectivity index (χ1) is 13.0. The summed E-state index contributed by atoms with van der Waals surface area (Å²) < 4.78 is 17.7.